The highest BCUT2D eigenvalue weighted by Crippen LogP contribution is 2.38. The van der Waals surface area contributed by atoms with Gasteiger partial charge >= 0.3 is 0 Å². The van der Waals surface area contributed by atoms with Gasteiger partial charge in [-0.3, -0.25) is 0 Å². The van der Waals surface area contributed by atoms with Gasteiger partial charge in [0, 0.05) is 23.5 Å². The Hall–Kier alpha value is -1.24. The molecule has 1 heteroatoms. The van der Waals surface area contributed by atoms with Crippen LogP contribution in [0.2, 0.25) is 0 Å². The molecule has 0 atom stereocenters. The maximum absolute atomic E-state index is 3.97. The molecule has 0 bridgehead atoms. The normalized spacial score (nSPS) is 14.9. The van der Waals surface area contributed by atoms with Crippen LogP contribution in [0.1, 0.15) is 49.7 Å². The van der Waals surface area contributed by atoms with Crippen LogP contribution in [0.25, 0.3) is 12.2 Å². The van der Waals surface area contributed by atoms with Crippen molar-refractivity contribution in [1.82, 2.24) is 4.57 Å². The molecule has 0 saturated carbocycles. The van der Waals surface area contributed by atoms with E-state index in [1.807, 2.05) is 12.2 Å². The van der Waals surface area contributed by atoms with Crippen LogP contribution in [0.5, 0.6) is 0 Å². The Morgan fingerprint density at radius 2 is 1.88 bits per heavy atom. The second-order valence-electron chi connectivity index (χ2n) is 5.53. The van der Waals surface area contributed by atoms with Gasteiger partial charge < -0.3 is 4.57 Å². The summed E-state index contributed by atoms with van der Waals surface area (Å²) in [5.74, 6) is 0. The van der Waals surface area contributed by atoms with E-state index in [-0.39, 0.29) is 5.41 Å². The lowest BCUT2D eigenvalue weighted by atomic mass is 9.83. The molecule has 0 aromatic carbocycles. The van der Waals surface area contributed by atoms with Gasteiger partial charge in [0.05, 0.1) is 0 Å². The van der Waals surface area contributed by atoms with Gasteiger partial charge in [-0.1, -0.05) is 40.0 Å². The molecule has 0 unspecified atom stereocenters. The van der Waals surface area contributed by atoms with E-state index in [9.17, 15) is 0 Å². The van der Waals surface area contributed by atoms with Crippen LogP contribution in [0.4, 0.5) is 0 Å². The summed E-state index contributed by atoms with van der Waals surface area (Å²) >= 11 is 0. The third-order valence-corrected chi connectivity index (χ3v) is 3.39. The summed E-state index contributed by atoms with van der Waals surface area (Å²) in [5.41, 5.74) is 5.70. The summed E-state index contributed by atoms with van der Waals surface area (Å²) in [6, 6.07) is 0. The van der Waals surface area contributed by atoms with Gasteiger partial charge in [-0.15, -0.1) is 0 Å². The standard InChI is InChI=1S/C15H21N/c1-6-11-12(7-2)16-10-8-9-13(16)14(11)15(3,4)5/h6-7H,1-2,8-10H2,3-5H3. The van der Waals surface area contributed by atoms with E-state index in [1.165, 1.54) is 35.4 Å². The largest absolute Gasteiger partial charge is 0.344 e. The molecule has 1 aromatic heterocycles. The van der Waals surface area contributed by atoms with Gasteiger partial charge in [0.25, 0.3) is 0 Å². The second kappa shape index (κ2) is 3.65. The summed E-state index contributed by atoms with van der Waals surface area (Å²) in [6.45, 7) is 15.9. The predicted molar refractivity (Wildman–Crippen MR) is 71.6 cm³/mol. The highest BCUT2D eigenvalue weighted by molar-refractivity contribution is 5.68. The summed E-state index contributed by atoms with van der Waals surface area (Å²) in [6.07, 6.45) is 6.42. The van der Waals surface area contributed by atoms with E-state index in [4.69, 9.17) is 0 Å². The van der Waals surface area contributed by atoms with E-state index in [1.54, 1.807) is 0 Å². The predicted octanol–water partition coefficient (Wildman–Crippen LogP) is 4.02. The van der Waals surface area contributed by atoms with Crippen molar-refractivity contribution in [2.45, 2.75) is 45.6 Å². The Kier molecular flexibility index (Phi) is 2.57. The first kappa shape index (κ1) is 11.3. The van der Waals surface area contributed by atoms with E-state index in [0.717, 1.165) is 6.54 Å². The smallest absolute Gasteiger partial charge is 0.0479 e. The van der Waals surface area contributed by atoms with Crippen molar-refractivity contribution in [3.63, 3.8) is 0 Å². The lowest BCUT2D eigenvalue weighted by molar-refractivity contribution is 0.582. The minimum atomic E-state index is 0.187. The molecule has 2 rings (SSSR count). The van der Waals surface area contributed by atoms with Crippen LogP contribution >= 0.6 is 0 Å². The van der Waals surface area contributed by atoms with Crippen LogP contribution in [-0.4, -0.2) is 4.57 Å². The molecule has 0 radical (unpaired) electrons. The fraction of sp³-hybridized carbons (Fsp3) is 0.467. The average Bonchev–Trinajstić information content (AvgIpc) is 2.72. The Labute approximate surface area is 98.5 Å². The average molecular weight is 215 g/mol. The third kappa shape index (κ3) is 1.46. The molecule has 0 spiro atoms. The van der Waals surface area contributed by atoms with Crippen molar-refractivity contribution in [3.8, 4) is 0 Å². The highest BCUT2D eigenvalue weighted by Gasteiger charge is 2.29. The fourth-order valence-electron chi connectivity index (χ4n) is 2.89. The van der Waals surface area contributed by atoms with Crippen LogP contribution in [0.3, 0.4) is 0 Å². The summed E-state index contributed by atoms with van der Waals surface area (Å²) < 4.78 is 2.42. The summed E-state index contributed by atoms with van der Waals surface area (Å²) in [5, 5.41) is 0. The van der Waals surface area contributed by atoms with Crippen LogP contribution in [0, 0.1) is 0 Å². The van der Waals surface area contributed by atoms with E-state index in [2.05, 4.69) is 38.5 Å². The van der Waals surface area contributed by atoms with Crippen LogP contribution in [0.15, 0.2) is 13.2 Å². The van der Waals surface area contributed by atoms with Gasteiger partial charge in [-0.05, 0) is 29.9 Å². The Bertz CT molecular complexity index is 441. The van der Waals surface area contributed by atoms with Crippen LogP contribution < -0.4 is 0 Å². The van der Waals surface area contributed by atoms with Crippen molar-refractivity contribution in [1.29, 1.82) is 0 Å². The molecule has 0 saturated heterocycles. The second-order valence-corrected chi connectivity index (χ2v) is 5.53. The third-order valence-electron chi connectivity index (χ3n) is 3.39. The number of aromatic nitrogens is 1. The van der Waals surface area contributed by atoms with Crippen molar-refractivity contribution < 1.29 is 0 Å². The molecule has 1 aliphatic heterocycles. The molecule has 1 aromatic rings. The summed E-state index contributed by atoms with van der Waals surface area (Å²) in [7, 11) is 0. The molecule has 0 aliphatic carbocycles. The molecule has 0 N–H and O–H groups in total. The molecular formula is C15H21N. The minimum Gasteiger partial charge on any atom is -0.344 e. The molecule has 2 heterocycles. The first-order valence-electron chi connectivity index (χ1n) is 6.01. The first-order valence-corrected chi connectivity index (χ1v) is 6.01. The topological polar surface area (TPSA) is 4.93 Å². The molecule has 0 amide bonds. The highest BCUT2D eigenvalue weighted by atomic mass is 15.0. The van der Waals surface area contributed by atoms with Gasteiger partial charge in [0.15, 0.2) is 0 Å². The van der Waals surface area contributed by atoms with Gasteiger partial charge in [-0.25, -0.2) is 0 Å². The maximum atomic E-state index is 3.97. The van der Waals surface area contributed by atoms with E-state index in [0.29, 0.717) is 0 Å². The first-order chi connectivity index (χ1) is 7.50. The van der Waals surface area contributed by atoms with Gasteiger partial charge in [0.2, 0.25) is 0 Å². The van der Waals surface area contributed by atoms with Crippen molar-refractivity contribution in [3.05, 3.63) is 35.7 Å². The molecule has 1 nitrogen and oxygen atoms in total. The molecule has 0 fully saturated rings. The zero-order valence-electron chi connectivity index (χ0n) is 10.6. The Morgan fingerprint density at radius 1 is 1.19 bits per heavy atom. The lowest BCUT2D eigenvalue weighted by Crippen LogP contribution is -2.14. The monoisotopic (exact) mass is 215 g/mol. The van der Waals surface area contributed by atoms with Crippen LogP contribution in [-0.2, 0) is 18.4 Å². The Balaban J connectivity index is 2.77. The molecular weight excluding hydrogens is 194 g/mol. The number of hydrogen-bond acceptors (Lipinski definition) is 0. The van der Waals surface area contributed by atoms with Gasteiger partial charge in [0.1, 0.15) is 0 Å². The quantitative estimate of drug-likeness (QED) is 0.702. The van der Waals surface area contributed by atoms with E-state index >= 15 is 0 Å². The van der Waals surface area contributed by atoms with E-state index < -0.39 is 0 Å². The van der Waals surface area contributed by atoms with Crippen molar-refractivity contribution >= 4 is 12.2 Å². The number of nitrogens with zero attached hydrogens (tertiary/aromatic N) is 1. The number of rotatable bonds is 2. The zero-order chi connectivity index (χ0) is 11.9. The molecule has 16 heavy (non-hydrogen) atoms. The molecule has 1 aliphatic rings. The van der Waals surface area contributed by atoms with Gasteiger partial charge in [-0.2, -0.15) is 0 Å². The van der Waals surface area contributed by atoms with Crippen molar-refractivity contribution in [2.75, 3.05) is 0 Å². The number of fused-ring (bicyclic) bond motifs is 1. The minimum absolute atomic E-state index is 0.187. The Morgan fingerprint density at radius 3 is 2.38 bits per heavy atom. The lowest BCUT2D eigenvalue weighted by Gasteiger charge is -2.20. The molecule has 86 valence electrons. The SMILES string of the molecule is C=Cc1c(C(C)(C)C)c2n(c1C=C)CCC2. The zero-order valence-corrected chi connectivity index (χ0v) is 10.6. The summed E-state index contributed by atoms with van der Waals surface area (Å²) in [4.78, 5) is 0. The maximum Gasteiger partial charge on any atom is 0.0479 e. The number of hydrogen-bond donors (Lipinski definition) is 0. The fourth-order valence-corrected chi connectivity index (χ4v) is 2.89. The van der Waals surface area contributed by atoms with Crippen molar-refractivity contribution in [2.24, 2.45) is 0 Å².